The van der Waals surface area contributed by atoms with Crippen molar-refractivity contribution in [3.05, 3.63) is 29.3 Å². The van der Waals surface area contributed by atoms with Crippen molar-refractivity contribution in [3.8, 4) is 5.75 Å². The molecule has 1 fully saturated rings. The zero-order chi connectivity index (χ0) is 13.7. The van der Waals surface area contributed by atoms with E-state index in [0.717, 1.165) is 0 Å². The number of rotatable bonds is 6. The summed E-state index contributed by atoms with van der Waals surface area (Å²) in [4.78, 5) is 0. The van der Waals surface area contributed by atoms with Crippen LogP contribution in [0.4, 0.5) is 0 Å². The van der Waals surface area contributed by atoms with E-state index < -0.39 is 6.10 Å². The smallest absolute Gasteiger partial charge is 0.120 e. The van der Waals surface area contributed by atoms with Crippen LogP contribution >= 0.6 is 11.6 Å². The molecule has 4 heteroatoms. The van der Waals surface area contributed by atoms with Gasteiger partial charge >= 0.3 is 0 Å². The Morgan fingerprint density at radius 2 is 2.16 bits per heavy atom. The third-order valence-electron chi connectivity index (χ3n) is 3.71. The molecule has 2 N–H and O–H groups in total. The molecule has 0 radical (unpaired) electrons. The van der Waals surface area contributed by atoms with Crippen molar-refractivity contribution in [2.45, 2.75) is 44.2 Å². The Bertz CT molecular complexity index is 405. The molecule has 0 heterocycles. The molecule has 1 aliphatic carbocycles. The van der Waals surface area contributed by atoms with Crippen LogP contribution in [-0.4, -0.2) is 29.9 Å². The third kappa shape index (κ3) is 4.68. The lowest BCUT2D eigenvalue weighted by atomic mass is 10.0. The predicted octanol–water partition coefficient (Wildman–Crippen LogP) is 3.00. The van der Waals surface area contributed by atoms with Gasteiger partial charge in [-0.15, -0.1) is 0 Å². The monoisotopic (exact) mass is 283 g/mol. The highest BCUT2D eigenvalue weighted by Crippen LogP contribution is 2.28. The van der Waals surface area contributed by atoms with Gasteiger partial charge in [0.15, 0.2) is 0 Å². The minimum atomic E-state index is -0.503. The summed E-state index contributed by atoms with van der Waals surface area (Å²) in [5, 5.41) is 14.0. The average molecular weight is 284 g/mol. The van der Waals surface area contributed by atoms with E-state index in [1.165, 1.54) is 25.7 Å². The summed E-state index contributed by atoms with van der Waals surface area (Å²) in [6, 6.07) is 7.22. The number of aliphatic hydroxyl groups excluding tert-OH is 1. The largest absolute Gasteiger partial charge is 0.491 e. The van der Waals surface area contributed by atoms with Crippen molar-refractivity contribution in [2.24, 2.45) is 0 Å². The molecule has 1 saturated carbocycles. The molecule has 0 aliphatic heterocycles. The molecule has 106 valence electrons. The number of hydrogen-bond acceptors (Lipinski definition) is 3. The Kier molecular flexibility index (Phi) is 5.08. The molecule has 1 unspecified atom stereocenters. The molecular formula is C15H22ClNO2. The van der Waals surface area contributed by atoms with Gasteiger partial charge in [0, 0.05) is 17.1 Å². The van der Waals surface area contributed by atoms with Gasteiger partial charge in [0.2, 0.25) is 0 Å². The SMILES string of the molecule is CC1(NCC(O)COc2cccc(Cl)c2)CCCC1. The predicted molar refractivity (Wildman–Crippen MR) is 77.8 cm³/mol. The number of hydrogen-bond donors (Lipinski definition) is 2. The fourth-order valence-corrected chi connectivity index (χ4v) is 2.68. The molecule has 3 nitrogen and oxygen atoms in total. The second kappa shape index (κ2) is 6.60. The van der Waals surface area contributed by atoms with E-state index in [9.17, 15) is 5.11 Å². The van der Waals surface area contributed by atoms with Crippen LogP contribution in [0.25, 0.3) is 0 Å². The molecule has 0 saturated heterocycles. The maximum absolute atomic E-state index is 9.93. The Balaban J connectivity index is 1.71. The summed E-state index contributed by atoms with van der Waals surface area (Å²) in [5.74, 6) is 0.693. The van der Waals surface area contributed by atoms with E-state index in [2.05, 4.69) is 12.2 Å². The van der Waals surface area contributed by atoms with E-state index >= 15 is 0 Å². The minimum Gasteiger partial charge on any atom is -0.491 e. The van der Waals surface area contributed by atoms with E-state index in [0.29, 0.717) is 17.3 Å². The Morgan fingerprint density at radius 1 is 1.42 bits per heavy atom. The first-order valence-corrected chi connectivity index (χ1v) is 7.27. The Labute approximate surface area is 119 Å². The van der Waals surface area contributed by atoms with Crippen molar-refractivity contribution >= 4 is 11.6 Å². The van der Waals surface area contributed by atoms with Crippen LogP contribution in [0.3, 0.4) is 0 Å². The number of nitrogens with one attached hydrogen (secondary N) is 1. The van der Waals surface area contributed by atoms with Crippen LogP contribution in [0.2, 0.25) is 5.02 Å². The van der Waals surface area contributed by atoms with Crippen molar-refractivity contribution < 1.29 is 9.84 Å². The first-order chi connectivity index (χ1) is 9.07. The summed E-state index contributed by atoms with van der Waals surface area (Å²) in [7, 11) is 0. The molecule has 0 bridgehead atoms. The maximum Gasteiger partial charge on any atom is 0.120 e. The van der Waals surface area contributed by atoms with Gasteiger partial charge in [0.25, 0.3) is 0 Å². The molecule has 0 aromatic heterocycles. The number of benzene rings is 1. The number of aliphatic hydroxyl groups is 1. The van der Waals surface area contributed by atoms with Crippen LogP contribution in [0.15, 0.2) is 24.3 Å². The summed E-state index contributed by atoms with van der Waals surface area (Å²) in [6.45, 7) is 3.07. The van der Waals surface area contributed by atoms with Crippen molar-refractivity contribution in [1.29, 1.82) is 0 Å². The molecule has 0 spiro atoms. The van der Waals surface area contributed by atoms with Gasteiger partial charge in [0.1, 0.15) is 18.5 Å². The summed E-state index contributed by atoms with van der Waals surface area (Å²) < 4.78 is 5.52. The maximum atomic E-state index is 9.93. The first-order valence-electron chi connectivity index (χ1n) is 6.89. The van der Waals surface area contributed by atoms with Gasteiger partial charge in [-0.25, -0.2) is 0 Å². The Hall–Kier alpha value is -0.770. The Morgan fingerprint density at radius 3 is 2.84 bits per heavy atom. The molecule has 1 atom stereocenters. The van der Waals surface area contributed by atoms with Gasteiger partial charge in [0.05, 0.1) is 0 Å². The number of halogens is 1. The van der Waals surface area contributed by atoms with Gasteiger partial charge in [-0.1, -0.05) is 30.5 Å². The van der Waals surface area contributed by atoms with Crippen molar-refractivity contribution in [1.82, 2.24) is 5.32 Å². The molecular weight excluding hydrogens is 262 g/mol. The van der Waals surface area contributed by atoms with Gasteiger partial charge in [-0.05, 0) is 38.0 Å². The van der Waals surface area contributed by atoms with Crippen LogP contribution in [0, 0.1) is 0 Å². The van der Waals surface area contributed by atoms with Crippen molar-refractivity contribution in [3.63, 3.8) is 0 Å². The van der Waals surface area contributed by atoms with Crippen LogP contribution in [0.5, 0.6) is 5.75 Å². The highest BCUT2D eigenvalue weighted by molar-refractivity contribution is 6.30. The third-order valence-corrected chi connectivity index (χ3v) is 3.95. The number of β-amino-alcohol motifs (C(OH)–C–C–N with tert-alkyl or cyclic N) is 1. The van der Waals surface area contributed by atoms with Crippen LogP contribution in [-0.2, 0) is 0 Å². The second-order valence-corrected chi connectivity index (χ2v) is 6.01. The summed E-state index contributed by atoms with van der Waals surface area (Å²) >= 11 is 5.87. The zero-order valence-corrected chi connectivity index (χ0v) is 12.1. The number of ether oxygens (including phenoxy) is 1. The topological polar surface area (TPSA) is 41.5 Å². The molecule has 1 aromatic rings. The average Bonchev–Trinajstić information content (AvgIpc) is 2.82. The molecule has 0 amide bonds. The quantitative estimate of drug-likeness (QED) is 0.843. The lowest BCUT2D eigenvalue weighted by Gasteiger charge is -2.27. The van der Waals surface area contributed by atoms with E-state index in [4.69, 9.17) is 16.3 Å². The van der Waals surface area contributed by atoms with Crippen molar-refractivity contribution in [2.75, 3.05) is 13.2 Å². The van der Waals surface area contributed by atoms with Gasteiger partial charge < -0.3 is 15.2 Å². The summed E-state index contributed by atoms with van der Waals surface area (Å²) in [5.41, 5.74) is 0.192. The first kappa shape index (κ1) is 14.6. The molecule has 19 heavy (non-hydrogen) atoms. The van der Waals surface area contributed by atoms with E-state index in [1.54, 1.807) is 12.1 Å². The van der Waals surface area contributed by atoms with E-state index in [1.807, 2.05) is 12.1 Å². The lowest BCUT2D eigenvalue weighted by molar-refractivity contribution is 0.0980. The highest BCUT2D eigenvalue weighted by atomic mass is 35.5. The zero-order valence-electron chi connectivity index (χ0n) is 11.4. The molecule has 2 rings (SSSR count). The fraction of sp³-hybridized carbons (Fsp3) is 0.600. The standard InChI is InChI=1S/C15H22ClNO2/c1-15(7-2-3-8-15)17-10-13(18)11-19-14-6-4-5-12(16)9-14/h4-6,9,13,17-18H,2-3,7-8,10-11H2,1H3. The lowest BCUT2D eigenvalue weighted by Crippen LogP contribution is -2.44. The fourth-order valence-electron chi connectivity index (χ4n) is 2.50. The molecule has 1 aliphatic rings. The normalized spacial score (nSPS) is 19.3. The second-order valence-electron chi connectivity index (χ2n) is 5.57. The highest BCUT2D eigenvalue weighted by Gasteiger charge is 2.28. The summed E-state index contributed by atoms with van der Waals surface area (Å²) in [6.07, 6.45) is 4.43. The van der Waals surface area contributed by atoms with Gasteiger partial charge in [-0.3, -0.25) is 0 Å². The van der Waals surface area contributed by atoms with Crippen LogP contribution < -0.4 is 10.1 Å². The van der Waals surface area contributed by atoms with Gasteiger partial charge in [-0.2, -0.15) is 0 Å². The van der Waals surface area contributed by atoms with E-state index in [-0.39, 0.29) is 12.1 Å². The van der Waals surface area contributed by atoms with Crippen LogP contribution in [0.1, 0.15) is 32.6 Å². The molecule has 1 aromatic carbocycles. The minimum absolute atomic E-state index is 0.192.